The molecule has 0 bridgehead atoms. The van der Waals surface area contributed by atoms with Crippen molar-refractivity contribution in [2.45, 2.75) is 46.3 Å². The minimum Gasteiger partial charge on any atom is -0.494 e. The number of carbonyl (C=O) groups is 3. The highest BCUT2D eigenvalue weighted by atomic mass is 16.6. The molecule has 26 heavy (non-hydrogen) atoms. The Morgan fingerprint density at radius 2 is 1.73 bits per heavy atom. The Balaban J connectivity index is 2.38. The minimum atomic E-state index is -0.830. The van der Waals surface area contributed by atoms with Crippen molar-refractivity contribution >= 4 is 23.6 Å². The van der Waals surface area contributed by atoms with Crippen LogP contribution in [0.5, 0.6) is 5.75 Å². The summed E-state index contributed by atoms with van der Waals surface area (Å²) < 4.78 is 10.4. The maximum atomic E-state index is 11.9. The summed E-state index contributed by atoms with van der Waals surface area (Å²) in [5, 5.41) is 7.52. The van der Waals surface area contributed by atoms with E-state index in [1.807, 2.05) is 6.92 Å². The molecule has 1 atom stereocenters. The molecule has 0 saturated carbocycles. The highest BCUT2D eigenvalue weighted by Crippen LogP contribution is 2.15. The topological polar surface area (TPSA) is 106 Å². The lowest BCUT2D eigenvalue weighted by atomic mass is 10.2. The highest BCUT2D eigenvalue weighted by Gasteiger charge is 2.21. The molecule has 0 heterocycles. The molecule has 0 unspecified atom stereocenters. The summed E-state index contributed by atoms with van der Waals surface area (Å²) >= 11 is 0. The van der Waals surface area contributed by atoms with Crippen LogP contribution in [0.15, 0.2) is 24.3 Å². The lowest BCUT2D eigenvalue weighted by Crippen LogP contribution is -2.47. The Kier molecular flexibility index (Phi) is 7.89. The predicted octanol–water partition coefficient (Wildman–Crippen LogP) is 2.05. The van der Waals surface area contributed by atoms with Crippen molar-refractivity contribution in [1.82, 2.24) is 10.6 Å². The fourth-order valence-corrected chi connectivity index (χ4v) is 1.88. The van der Waals surface area contributed by atoms with E-state index in [4.69, 9.17) is 9.47 Å². The number of ether oxygens (including phenoxy) is 2. The first-order valence-electron chi connectivity index (χ1n) is 8.40. The van der Waals surface area contributed by atoms with Crippen LogP contribution in [0.1, 0.15) is 34.6 Å². The van der Waals surface area contributed by atoms with Crippen molar-refractivity contribution < 1.29 is 23.9 Å². The molecule has 0 aliphatic heterocycles. The number of anilines is 1. The molecule has 3 amide bonds. The third-order valence-electron chi connectivity index (χ3n) is 3.00. The van der Waals surface area contributed by atoms with Crippen molar-refractivity contribution in [3.8, 4) is 5.75 Å². The van der Waals surface area contributed by atoms with Gasteiger partial charge in [0.05, 0.1) is 13.2 Å². The predicted molar refractivity (Wildman–Crippen MR) is 98.1 cm³/mol. The maximum Gasteiger partial charge on any atom is 0.408 e. The summed E-state index contributed by atoms with van der Waals surface area (Å²) in [6.45, 7) is 8.91. The molecule has 144 valence electrons. The molecule has 0 spiro atoms. The second-order valence-corrected chi connectivity index (χ2v) is 6.59. The quantitative estimate of drug-likeness (QED) is 0.686. The first-order chi connectivity index (χ1) is 12.1. The molecule has 0 aromatic heterocycles. The second-order valence-electron chi connectivity index (χ2n) is 6.59. The van der Waals surface area contributed by atoms with Gasteiger partial charge in [0, 0.05) is 5.69 Å². The number of rotatable bonds is 7. The lowest BCUT2D eigenvalue weighted by Gasteiger charge is -2.21. The molecule has 1 aromatic rings. The SMILES string of the molecule is CCOc1ccc(NC(=O)CNC(=O)[C@@H](C)NC(=O)OC(C)(C)C)cc1. The van der Waals surface area contributed by atoms with Gasteiger partial charge in [-0.05, 0) is 58.9 Å². The van der Waals surface area contributed by atoms with E-state index in [1.54, 1.807) is 45.0 Å². The van der Waals surface area contributed by atoms with Crippen molar-refractivity contribution in [2.24, 2.45) is 0 Å². The van der Waals surface area contributed by atoms with Gasteiger partial charge in [0.25, 0.3) is 0 Å². The van der Waals surface area contributed by atoms with E-state index in [2.05, 4.69) is 16.0 Å². The van der Waals surface area contributed by atoms with Crippen LogP contribution in [0, 0.1) is 0 Å². The third-order valence-corrected chi connectivity index (χ3v) is 3.00. The van der Waals surface area contributed by atoms with Crippen LogP contribution in [0.3, 0.4) is 0 Å². The van der Waals surface area contributed by atoms with Crippen LogP contribution in [-0.4, -0.2) is 42.7 Å². The summed E-state index contributed by atoms with van der Waals surface area (Å²) in [6, 6.07) is 6.06. The van der Waals surface area contributed by atoms with Crippen molar-refractivity contribution in [3.05, 3.63) is 24.3 Å². The van der Waals surface area contributed by atoms with Gasteiger partial charge in [-0.1, -0.05) is 0 Å². The molecule has 0 aliphatic rings. The normalized spacial score (nSPS) is 11.9. The minimum absolute atomic E-state index is 0.216. The van der Waals surface area contributed by atoms with Crippen LogP contribution < -0.4 is 20.7 Å². The molecule has 0 radical (unpaired) electrons. The van der Waals surface area contributed by atoms with Crippen LogP contribution in [0.4, 0.5) is 10.5 Å². The molecule has 3 N–H and O–H groups in total. The van der Waals surface area contributed by atoms with E-state index in [1.165, 1.54) is 6.92 Å². The third kappa shape index (κ3) is 8.36. The maximum absolute atomic E-state index is 11.9. The molecular formula is C18H27N3O5. The number of hydrogen-bond acceptors (Lipinski definition) is 5. The highest BCUT2D eigenvalue weighted by molar-refractivity contribution is 5.95. The van der Waals surface area contributed by atoms with Gasteiger partial charge in [0.2, 0.25) is 11.8 Å². The van der Waals surface area contributed by atoms with E-state index >= 15 is 0 Å². The Morgan fingerprint density at radius 1 is 1.12 bits per heavy atom. The first-order valence-corrected chi connectivity index (χ1v) is 8.40. The molecule has 8 nitrogen and oxygen atoms in total. The number of hydrogen-bond donors (Lipinski definition) is 3. The molecule has 0 aliphatic carbocycles. The fourth-order valence-electron chi connectivity index (χ4n) is 1.88. The Hall–Kier alpha value is -2.77. The molecule has 1 rings (SSSR count). The zero-order valence-corrected chi connectivity index (χ0v) is 15.8. The Morgan fingerprint density at radius 3 is 2.27 bits per heavy atom. The summed E-state index contributed by atoms with van der Waals surface area (Å²) in [5.41, 5.74) is -0.0645. The molecule has 0 saturated heterocycles. The van der Waals surface area contributed by atoms with Crippen LogP contribution in [-0.2, 0) is 14.3 Å². The lowest BCUT2D eigenvalue weighted by molar-refractivity contribution is -0.125. The largest absolute Gasteiger partial charge is 0.494 e. The number of benzene rings is 1. The average Bonchev–Trinajstić information content (AvgIpc) is 2.52. The zero-order chi connectivity index (χ0) is 19.7. The fraction of sp³-hybridized carbons (Fsp3) is 0.500. The van der Waals surface area contributed by atoms with Crippen molar-refractivity contribution in [2.75, 3.05) is 18.5 Å². The van der Waals surface area contributed by atoms with Crippen molar-refractivity contribution in [3.63, 3.8) is 0 Å². The van der Waals surface area contributed by atoms with Crippen LogP contribution in [0.25, 0.3) is 0 Å². The van der Waals surface area contributed by atoms with E-state index in [9.17, 15) is 14.4 Å². The van der Waals surface area contributed by atoms with Gasteiger partial charge in [-0.2, -0.15) is 0 Å². The number of amides is 3. The Bertz CT molecular complexity index is 623. The summed E-state index contributed by atoms with van der Waals surface area (Å²) in [4.78, 5) is 35.5. The van der Waals surface area contributed by atoms with Crippen LogP contribution in [0.2, 0.25) is 0 Å². The van der Waals surface area contributed by atoms with Crippen LogP contribution >= 0.6 is 0 Å². The summed E-state index contributed by atoms with van der Waals surface area (Å²) in [7, 11) is 0. The van der Waals surface area contributed by atoms with Gasteiger partial charge in [0.15, 0.2) is 0 Å². The van der Waals surface area contributed by atoms with Crippen molar-refractivity contribution in [1.29, 1.82) is 0 Å². The molecule has 8 heteroatoms. The average molecular weight is 365 g/mol. The van der Waals surface area contributed by atoms with E-state index in [0.717, 1.165) is 0 Å². The number of nitrogens with one attached hydrogen (secondary N) is 3. The van der Waals surface area contributed by atoms with Gasteiger partial charge in [-0.3, -0.25) is 9.59 Å². The molecule has 1 aromatic carbocycles. The summed E-state index contributed by atoms with van der Waals surface area (Å²) in [6.07, 6.45) is -0.695. The molecule has 0 fully saturated rings. The second kappa shape index (κ2) is 9.65. The molecular weight excluding hydrogens is 338 g/mol. The standard InChI is InChI=1S/C18H27N3O5/c1-6-25-14-9-7-13(8-10-14)21-15(22)11-19-16(23)12(2)20-17(24)26-18(3,4)5/h7-10,12H,6,11H2,1-5H3,(H,19,23)(H,20,24)(H,21,22)/t12-/m1/s1. The van der Waals surface area contributed by atoms with Gasteiger partial charge in [-0.15, -0.1) is 0 Å². The van der Waals surface area contributed by atoms with E-state index in [-0.39, 0.29) is 12.5 Å². The first kappa shape index (κ1) is 21.3. The Labute approximate surface area is 153 Å². The smallest absolute Gasteiger partial charge is 0.408 e. The van der Waals surface area contributed by atoms with Gasteiger partial charge >= 0.3 is 6.09 Å². The summed E-state index contributed by atoms with van der Waals surface area (Å²) in [5.74, 6) is -0.162. The van der Waals surface area contributed by atoms with Gasteiger partial charge < -0.3 is 25.4 Å². The van der Waals surface area contributed by atoms with Gasteiger partial charge in [-0.25, -0.2) is 4.79 Å². The number of carbonyl (C=O) groups excluding carboxylic acids is 3. The van der Waals surface area contributed by atoms with E-state index in [0.29, 0.717) is 18.0 Å². The number of alkyl carbamates (subject to hydrolysis) is 1. The van der Waals surface area contributed by atoms with Gasteiger partial charge in [0.1, 0.15) is 17.4 Å². The van der Waals surface area contributed by atoms with E-state index < -0.39 is 23.6 Å². The monoisotopic (exact) mass is 365 g/mol. The zero-order valence-electron chi connectivity index (χ0n) is 15.8.